The van der Waals surface area contributed by atoms with Gasteiger partial charge in [0.05, 0.1) is 19.6 Å². The van der Waals surface area contributed by atoms with Gasteiger partial charge in [0.2, 0.25) is 5.91 Å². The van der Waals surface area contributed by atoms with Crippen molar-refractivity contribution < 1.29 is 14.3 Å². The van der Waals surface area contributed by atoms with Crippen LogP contribution in [0.5, 0.6) is 11.5 Å². The van der Waals surface area contributed by atoms with Gasteiger partial charge in [-0.3, -0.25) is 4.79 Å². The van der Waals surface area contributed by atoms with Crippen molar-refractivity contribution >= 4 is 11.7 Å². The number of hydrogen-bond acceptors (Lipinski definition) is 6. The Balaban J connectivity index is 1.55. The van der Waals surface area contributed by atoms with E-state index in [0.717, 1.165) is 61.5 Å². The second kappa shape index (κ2) is 8.13. The fraction of sp³-hybridized carbons (Fsp3) is 0.522. The Morgan fingerprint density at radius 3 is 2.70 bits per heavy atom. The van der Waals surface area contributed by atoms with Gasteiger partial charge in [0.25, 0.3) is 0 Å². The summed E-state index contributed by atoms with van der Waals surface area (Å²) in [4.78, 5) is 26.7. The molecule has 0 aliphatic carbocycles. The first-order valence-electron chi connectivity index (χ1n) is 10.5. The summed E-state index contributed by atoms with van der Waals surface area (Å²) < 4.78 is 11.0. The van der Waals surface area contributed by atoms with Crippen LogP contribution in [0.25, 0.3) is 0 Å². The van der Waals surface area contributed by atoms with Crippen molar-refractivity contribution in [3.05, 3.63) is 41.3 Å². The molecule has 0 saturated carbocycles. The lowest BCUT2D eigenvalue weighted by Gasteiger charge is -2.39. The normalized spacial score (nSPS) is 21.4. The molecule has 0 bridgehead atoms. The van der Waals surface area contributed by atoms with E-state index in [1.165, 1.54) is 0 Å². The topological polar surface area (TPSA) is 67.8 Å². The molecule has 0 radical (unpaired) electrons. The minimum Gasteiger partial charge on any atom is -0.493 e. The average Bonchev–Trinajstić information content (AvgIpc) is 3.18. The summed E-state index contributed by atoms with van der Waals surface area (Å²) in [7, 11) is 3.27. The standard InChI is InChI=1S/C23H30N4O3/c1-16-17(2)24-15-25-21(16)27-12-10-23(14-27)9-6-11-26(22(23)28)13-18-7-5-8-19(29-3)20(18)30-4/h5,7-8,15H,6,9-14H2,1-4H3/t23-/m0/s1. The number of carbonyl (C=O) groups excluding carboxylic acids is 1. The summed E-state index contributed by atoms with van der Waals surface area (Å²) in [6, 6.07) is 5.82. The lowest BCUT2D eigenvalue weighted by molar-refractivity contribution is -0.145. The van der Waals surface area contributed by atoms with Crippen LogP contribution < -0.4 is 14.4 Å². The highest BCUT2D eigenvalue weighted by Gasteiger charge is 2.49. The van der Waals surface area contributed by atoms with Crippen molar-refractivity contribution in [2.24, 2.45) is 5.41 Å². The number of nitrogens with zero attached hydrogens (tertiary/aromatic N) is 4. The predicted octanol–water partition coefficient (Wildman–Crippen LogP) is 3.13. The Hall–Kier alpha value is -2.83. The summed E-state index contributed by atoms with van der Waals surface area (Å²) in [5.74, 6) is 2.59. The van der Waals surface area contributed by atoms with Gasteiger partial charge in [-0.15, -0.1) is 0 Å². The number of piperidine rings is 1. The average molecular weight is 411 g/mol. The molecule has 0 N–H and O–H groups in total. The molecule has 4 rings (SSSR count). The lowest BCUT2D eigenvalue weighted by Crippen LogP contribution is -2.49. The zero-order valence-corrected chi connectivity index (χ0v) is 18.3. The maximum atomic E-state index is 13.6. The number of aryl methyl sites for hydroxylation is 1. The zero-order valence-electron chi connectivity index (χ0n) is 18.3. The second-order valence-corrected chi connectivity index (χ2v) is 8.34. The van der Waals surface area contributed by atoms with Crippen LogP contribution >= 0.6 is 0 Å². The third-order valence-corrected chi connectivity index (χ3v) is 6.63. The van der Waals surface area contributed by atoms with E-state index in [1.807, 2.05) is 30.0 Å². The maximum absolute atomic E-state index is 13.6. The van der Waals surface area contributed by atoms with Crippen molar-refractivity contribution in [2.75, 3.05) is 38.8 Å². The molecular formula is C23H30N4O3. The summed E-state index contributed by atoms with van der Waals surface area (Å²) in [5, 5.41) is 0. The minimum atomic E-state index is -0.338. The highest BCUT2D eigenvalue weighted by Crippen LogP contribution is 2.43. The van der Waals surface area contributed by atoms with Crippen LogP contribution in [0.1, 0.15) is 36.1 Å². The van der Waals surface area contributed by atoms with Crippen LogP contribution in [0.15, 0.2) is 24.5 Å². The van der Waals surface area contributed by atoms with Crippen LogP contribution in [0.3, 0.4) is 0 Å². The van der Waals surface area contributed by atoms with E-state index in [1.54, 1.807) is 20.5 Å². The van der Waals surface area contributed by atoms with Gasteiger partial charge in [0.15, 0.2) is 11.5 Å². The highest BCUT2D eigenvalue weighted by molar-refractivity contribution is 5.85. The molecule has 2 fully saturated rings. The van der Waals surface area contributed by atoms with Crippen LogP contribution in [0, 0.1) is 19.3 Å². The summed E-state index contributed by atoms with van der Waals surface area (Å²) in [6.07, 6.45) is 4.41. The molecule has 1 aromatic heterocycles. The second-order valence-electron chi connectivity index (χ2n) is 8.34. The molecule has 160 valence electrons. The monoisotopic (exact) mass is 410 g/mol. The van der Waals surface area contributed by atoms with Crippen LogP contribution in [0.4, 0.5) is 5.82 Å². The zero-order chi connectivity index (χ0) is 21.3. The largest absolute Gasteiger partial charge is 0.493 e. The molecule has 7 nitrogen and oxygen atoms in total. The molecule has 1 atom stereocenters. The summed E-state index contributed by atoms with van der Waals surface area (Å²) in [6.45, 7) is 6.93. The molecule has 2 saturated heterocycles. The first kappa shape index (κ1) is 20.4. The van der Waals surface area contributed by atoms with Crippen molar-refractivity contribution in [1.29, 1.82) is 0 Å². The fourth-order valence-electron chi connectivity index (χ4n) is 4.86. The summed E-state index contributed by atoms with van der Waals surface area (Å²) >= 11 is 0. The third kappa shape index (κ3) is 3.46. The third-order valence-electron chi connectivity index (χ3n) is 6.63. The Morgan fingerprint density at radius 2 is 1.93 bits per heavy atom. The number of methoxy groups -OCH3 is 2. The number of carbonyl (C=O) groups is 1. The number of para-hydroxylation sites is 1. The molecule has 3 heterocycles. The highest BCUT2D eigenvalue weighted by atomic mass is 16.5. The van der Waals surface area contributed by atoms with Crippen molar-refractivity contribution in [3.63, 3.8) is 0 Å². The molecule has 2 aliphatic rings. The number of likely N-dealkylation sites (tertiary alicyclic amines) is 1. The van der Waals surface area contributed by atoms with Crippen LogP contribution in [-0.4, -0.2) is 54.6 Å². The van der Waals surface area contributed by atoms with E-state index in [9.17, 15) is 4.79 Å². The Kier molecular flexibility index (Phi) is 5.54. The van der Waals surface area contributed by atoms with E-state index >= 15 is 0 Å². The minimum absolute atomic E-state index is 0.240. The van der Waals surface area contributed by atoms with Crippen LogP contribution in [-0.2, 0) is 11.3 Å². The molecule has 2 aromatic rings. The van der Waals surface area contributed by atoms with Gasteiger partial charge in [-0.1, -0.05) is 12.1 Å². The molecule has 0 unspecified atom stereocenters. The van der Waals surface area contributed by atoms with Crippen molar-refractivity contribution in [3.8, 4) is 11.5 Å². The first-order chi connectivity index (χ1) is 14.5. The van der Waals surface area contributed by atoms with Gasteiger partial charge in [-0.25, -0.2) is 9.97 Å². The van der Waals surface area contributed by atoms with Gasteiger partial charge < -0.3 is 19.3 Å². The van der Waals surface area contributed by atoms with Gasteiger partial charge in [0, 0.05) is 43.0 Å². The number of amides is 1. The molecule has 30 heavy (non-hydrogen) atoms. The smallest absolute Gasteiger partial charge is 0.230 e. The molecule has 7 heteroatoms. The number of rotatable bonds is 5. The predicted molar refractivity (Wildman–Crippen MR) is 115 cm³/mol. The molecule has 1 aromatic carbocycles. The van der Waals surface area contributed by atoms with E-state index in [-0.39, 0.29) is 11.3 Å². The number of ether oxygens (including phenoxy) is 2. The Labute approximate surface area is 178 Å². The van der Waals surface area contributed by atoms with Gasteiger partial charge in [0.1, 0.15) is 12.1 Å². The van der Waals surface area contributed by atoms with Crippen LogP contribution in [0.2, 0.25) is 0 Å². The van der Waals surface area contributed by atoms with Gasteiger partial charge in [-0.05, 0) is 39.2 Å². The SMILES string of the molecule is COc1cccc(CN2CCC[C@@]3(CCN(c4ncnc(C)c4C)C3)C2=O)c1OC. The fourth-order valence-corrected chi connectivity index (χ4v) is 4.86. The molecule has 1 spiro atoms. The molecule has 1 amide bonds. The first-order valence-corrected chi connectivity index (χ1v) is 10.5. The van der Waals surface area contributed by atoms with E-state index < -0.39 is 0 Å². The van der Waals surface area contributed by atoms with Gasteiger partial charge in [-0.2, -0.15) is 0 Å². The Morgan fingerprint density at radius 1 is 1.10 bits per heavy atom. The van der Waals surface area contributed by atoms with Crippen molar-refractivity contribution in [1.82, 2.24) is 14.9 Å². The number of anilines is 1. The van der Waals surface area contributed by atoms with Gasteiger partial charge >= 0.3 is 0 Å². The van der Waals surface area contributed by atoms with E-state index in [4.69, 9.17) is 9.47 Å². The summed E-state index contributed by atoms with van der Waals surface area (Å²) in [5.41, 5.74) is 2.72. The maximum Gasteiger partial charge on any atom is 0.230 e. The Bertz CT molecular complexity index is 948. The number of benzene rings is 1. The van der Waals surface area contributed by atoms with Crippen molar-refractivity contribution in [2.45, 2.75) is 39.7 Å². The lowest BCUT2D eigenvalue weighted by atomic mass is 9.78. The van der Waals surface area contributed by atoms with E-state index in [0.29, 0.717) is 18.0 Å². The number of aromatic nitrogens is 2. The number of hydrogen-bond donors (Lipinski definition) is 0. The van der Waals surface area contributed by atoms with E-state index in [2.05, 4.69) is 21.8 Å². The quantitative estimate of drug-likeness (QED) is 0.754. The molecule has 2 aliphatic heterocycles. The molecular weight excluding hydrogens is 380 g/mol.